The first-order chi connectivity index (χ1) is 12.2. The number of carbonyl (C=O) groups excluding carboxylic acids is 1. The van der Waals surface area contributed by atoms with Crippen molar-refractivity contribution in [2.24, 2.45) is 0 Å². The molecule has 1 aromatic carbocycles. The molecule has 1 N–H and O–H groups in total. The van der Waals surface area contributed by atoms with Crippen molar-refractivity contribution in [3.63, 3.8) is 0 Å². The molecule has 6 nitrogen and oxygen atoms in total. The van der Waals surface area contributed by atoms with Gasteiger partial charge in [-0.3, -0.25) is 9.69 Å². The molecule has 1 aliphatic heterocycles. The molecule has 0 unspecified atom stereocenters. The van der Waals surface area contributed by atoms with E-state index in [0.29, 0.717) is 0 Å². The highest BCUT2D eigenvalue weighted by atomic mass is 79.9. The number of amides is 1. The van der Waals surface area contributed by atoms with Crippen LogP contribution in [-0.4, -0.2) is 59.3 Å². The van der Waals surface area contributed by atoms with Gasteiger partial charge in [-0.15, -0.1) is 0 Å². The first-order valence-corrected chi connectivity index (χ1v) is 9.46. The van der Waals surface area contributed by atoms with E-state index < -0.39 is 5.60 Å². The average Bonchev–Trinajstić information content (AvgIpc) is 2.54. The predicted molar refractivity (Wildman–Crippen MR) is 105 cm³/mol. The van der Waals surface area contributed by atoms with Crippen molar-refractivity contribution in [1.82, 2.24) is 9.80 Å². The van der Waals surface area contributed by atoms with E-state index in [-0.39, 0.29) is 18.6 Å². The lowest BCUT2D eigenvalue weighted by atomic mass is 10.0. The Morgan fingerprint density at radius 2 is 1.96 bits per heavy atom. The molecule has 146 valence electrons. The van der Waals surface area contributed by atoms with Gasteiger partial charge in [-0.2, -0.15) is 0 Å². The summed E-state index contributed by atoms with van der Waals surface area (Å²) in [5.74, 6) is 0. The Morgan fingerprint density at radius 3 is 2.46 bits per heavy atom. The van der Waals surface area contributed by atoms with Crippen LogP contribution < -0.4 is 0 Å². The number of carbonyl (C=O) groups is 2. The lowest BCUT2D eigenvalue weighted by Crippen LogP contribution is -2.46. The Labute approximate surface area is 164 Å². The molecule has 1 saturated heterocycles. The second kappa shape index (κ2) is 10.5. The van der Waals surface area contributed by atoms with Crippen molar-refractivity contribution in [3.8, 4) is 0 Å². The third kappa shape index (κ3) is 8.19. The third-order valence-corrected chi connectivity index (χ3v) is 4.57. The van der Waals surface area contributed by atoms with Crippen LogP contribution in [0.5, 0.6) is 0 Å². The molecular formula is C19H29BrN2O4. The minimum absolute atomic E-state index is 0.220. The SMILES string of the molecule is CN(C(=O)OC(C)(C)C)C1CCN(Cc2cccc(Br)c2)CC1.O=CO. The molecule has 0 saturated carbocycles. The lowest BCUT2D eigenvalue weighted by Gasteiger charge is -2.37. The molecule has 26 heavy (non-hydrogen) atoms. The summed E-state index contributed by atoms with van der Waals surface area (Å²) in [6, 6.07) is 8.71. The molecule has 0 radical (unpaired) electrons. The topological polar surface area (TPSA) is 70.1 Å². The number of piperidine rings is 1. The molecule has 0 spiro atoms. The maximum Gasteiger partial charge on any atom is 0.410 e. The van der Waals surface area contributed by atoms with Crippen LogP contribution >= 0.6 is 15.9 Å². The second-order valence-electron chi connectivity index (χ2n) is 7.33. The van der Waals surface area contributed by atoms with Crippen molar-refractivity contribution in [3.05, 3.63) is 34.3 Å². The molecule has 0 aliphatic carbocycles. The molecular weight excluding hydrogens is 400 g/mol. The van der Waals surface area contributed by atoms with Crippen LogP contribution in [0, 0.1) is 0 Å². The Kier molecular flexibility index (Phi) is 9.08. The minimum atomic E-state index is -0.438. The lowest BCUT2D eigenvalue weighted by molar-refractivity contribution is -0.122. The van der Waals surface area contributed by atoms with Crippen molar-refractivity contribution < 1.29 is 19.4 Å². The monoisotopic (exact) mass is 428 g/mol. The quantitative estimate of drug-likeness (QED) is 0.737. The van der Waals surface area contributed by atoms with Gasteiger partial charge in [0.2, 0.25) is 0 Å². The summed E-state index contributed by atoms with van der Waals surface area (Å²) in [5.41, 5.74) is 0.880. The Bertz CT molecular complexity index is 581. The molecule has 1 heterocycles. The number of rotatable bonds is 3. The number of hydrogen-bond acceptors (Lipinski definition) is 4. The molecule has 1 aromatic rings. The zero-order valence-electron chi connectivity index (χ0n) is 15.9. The highest BCUT2D eigenvalue weighted by molar-refractivity contribution is 9.10. The van der Waals surface area contributed by atoms with Crippen LogP contribution in [0.15, 0.2) is 28.7 Å². The summed E-state index contributed by atoms with van der Waals surface area (Å²) in [7, 11) is 1.85. The number of halogens is 1. The second-order valence-corrected chi connectivity index (χ2v) is 8.25. The van der Waals surface area contributed by atoms with Crippen LogP contribution in [0.1, 0.15) is 39.2 Å². The first-order valence-electron chi connectivity index (χ1n) is 8.66. The van der Waals surface area contributed by atoms with Crippen molar-refractivity contribution in [1.29, 1.82) is 0 Å². The number of nitrogens with zero attached hydrogens (tertiary/aromatic N) is 2. The number of benzene rings is 1. The van der Waals surface area contributed by atoms with Gasteiger partial charge in [-0.1, -0.05) is 28.1 Å². The minimum Gasteiger partial charge on any atom is -0.483 e. The maximum absolute atomic E-state index is 12.2. The number of ether oxygens (including phenoxy) is 1. The highest BCUT2D eigenvalue weighted by Crippen LogP contribution is 2.20. The van der Waals surface area contributed by atoms with E-state index in [4.69, 9.17) is 14.6 Å². The fraction of sp³-hybridized carbons (Fsp3) is 0.579. The van der Waals surface area contributed by atoms with Crippen molar-refractivity contribution in [2.75, 3.05) is 20.1 Å². The van der Waals surface area contributed by atoms with Crippen LogP contribution in [0.4, 0.5) is 4.79 Å². The van der Waals surface area contributed by atoms with Gasteiger partial charge in [-0.05, 0) is 51.3 Å². The van der Waals surface area contributed by atoms with E-state index in [1.807, 2.05) is 33.9 Å². The molecule has 7 heteroatoms. The molecule has 1 amide bonds. The summed E-state index contributed by atoms with van der Waals surface area (Å²) in [6.07, 6.45) is 1.76. The molecule has 0 bridgehead atoms. The average molecular weight is 429 g/mol. The van der Waals surface area contributed by atoms with Gasteiger partial charge in [0.1, 0.15) is 5.60 Å². The number of hydrogen-bond donors (Lipinski definition) is 1. The normalized spacial score (nSPS) is 15.6. The maximum atomic E-state index is 12.2. The Hall–Kier alpha value is -1.60. The van der Waals surface area contributed by atoms with Crippen LogP contribution in [0.25, 0.3) is 0 Å². The van der Waals surface area contributed by atoms with E-state index in [0.717, 1.165) is 36.9 Å². The smallest absolute Gasteiger partial charge is 0.410 e. The third-order valence-electron chi connectivity index (χ3n) is 4.08. The largest absolute Gasteiger partial charge is 0.483 e. The zero-order chi connectivity index (χ0) is 19.7. The van der Waals surface area contributed by atoms with Gasteiger partial charge in [0.25, 0.3) is 6.47 Å². The van der Waals surface area contributed by atoms with E-state index in [9.17, 15) is 4.79 Å². The van der Waals surface area contributed by atoms with Crippen LogP contribution in [-0.2, 0) is 16.1 Å². The first kappa shape index (κ1) is 22.4. The summed E-state index contributed by atoms with van der Waals surface area (Å²) in [6.45, 7) is 8.43. The molecule has 0 atom stereocenters. The van der Waals surface area contributed by atoms with Crippen molar-refractivity contribution in [2.45, 2.75) is 51.8 Å². The summed E-state index contributed by atoms with van der Waals surface area (Å²) < 4.78 is 6.58. The van der Waals surface area contributed by atoms with E-state index in [1.54, 1.807) is 4.90 Å². The molecule has 1 fully saturated rings. The molecule has 2 rings (SSSR count). The molecule has 0 aromatic heterocycles. The fourth-order valence-electron chi connectivity index (χ4n) is 2.84. The summed E-state index contributed by atoms with van der Waals surface area (Å²) >= 11 is 3.52. The van der Waals surface area contributed by atoms with Gasteiger partial charge < -0.3 is 14.7 Å². The summed E-state index contributed by atoms with van der Waals surface area (Å²) in [4.78, 5) is 24.7. The van der Waals surface area contributed by atoms with Gasteiger partial charge in [0.05, 0.1) is 0 Å². The number of likely N-dealkylation sites (tertiary alicyclic amines) is 1. The zero-order valence-corrected chi connectivity index (χ0v) is 17.5. The highest BCUT2D eigenvalue weighted by Gasteiger charge is 2.28. The van der Waals surface area contributed by atoms with E-state index >= 15 is 0 Å². The van der Waals surface area contributed by atoms with Gasteiger partial charge in [-0.25, -0.2) is 4.79 Å². The summed E-state index contributed by atoms with van der Waals surface area (Å²) in [5, 5.41) is 6.89. The van der Waals surface area contributed by atoms with E-state index in [1.165, 1.54) is 5.56 Å². The van der Waals surface area contributed by atoms with Gasteiger partial charge >= 0.3 is 6.09 Å². The molecule has 1 aliphatic rings. The fourth-order valence-corrected chi connectivity index (χ4v) is 3.29. The van der Waals surface area contributed by atoms with Crippen LogP contribution in [0.3, 0.4) is 0 Å². The van der Waals surface area contributed by atoms with Crippen molar-refractivity contribution >= 4 is 28.5 Å². The van der Waals surface area contributed by atoms with Gasteiger partial charge in [0, 0.05) is 37.2 Å². The Balaban J connectivity index is 0.00000105. The predicted octanol–water partition coefficient (Wildman–Crippen LogP) is 3.98. The van der Waals surface area contributed by atoms with E-state index in [2.05, 4.69) is 39.0 Å². The Morgan fingerprint density at radius 1 is 1.38 bits per heavy atom. The number of carboxylic acid groups (broad SMARTS) is 1. The van der Waals surface area contributed by atoms with Gasteiger partial charge in [0.15, 0.2) is 0 Å². The standard InChI is InChI=1S/C18H27BrN2O2.CH2O2/c1-18(2,3)23-17(22)20(4)16-8-10-21(11-9-16)13-14-6-5-7-15(19)12-14;2-1-3/h5-7,12,16H,8-11,13H2,1-4H3;1H,(H,2,3). The van der Waals surface area contributed by atoms with Crippen LogP contribution in [0.2, 0.25) is 0 Å².